The maximum atomic E-state index is 12.7. The molecular weight excluding hydrogens is 254 g/mol. The zero-order chi connectivity index (χ0) is 14.7. The van der Waals surface area contributed by atoms with Gasteiger partial charge in [0, 0.05) is 19.0 Å². The van der Waals surface area contributed by atoms with Crippen LogP contribution in [0.3, 0.4) is 0 Å². The minimum absolute atomic E-state index is 0.0326. The molecule has 1 unspecified atom stereocenters. The van der Waals surface area contributed by atoms with E-state index < -0.39 is 0 Å². The lowest BCUT2D eigenvalue weighted by atomic mass is 10.1. The predicted molar refractivity (Wildman–Crippen MR) is 77.1 cm³/mol. The lowest BCUT2D eigenvalue weighted by Crippen LogP contribution is -2.36. The standard InChI is InChI=1S/C16H21NO3/c1-11-6-7-15(20-3)14(9-11)16(19)17-8-4-5-13(17)10-12(2)18/h6-7,9,13H,4-5,8,10H2,1-3H3. The molecule has 0 aliphatic carbocycles. The van der Waals surface area contributed by atoms with Crippen molar-refractivity contribution >= 4 is 11.7 Å². The smallest absolute Gasteiger partial charge is 0.257 e. The van der Waals surface area contributed by atoms with Gasteiger partial charge in [0.1, 0.15) is 11.5 Å². The number of hydrogen-bond donors (Lipinski definition) is 0. The number of likely N-dealkylation sites (tertiary alicyclic amines) is 1. The van der Waals surface area contributed by atoms with E-state index in [1.54, 1.807) is 14.0 Å². The first-order valence-electron chi connectivity index (χ1n) is 6.98. The Hall–Kier alpha value is -1.84. The highest BCUT2D eigenvalue weighted by Gasteiger charge is 2.31. The van der Waals surface area contributed by atoms with Crippen molar-refractivity contribution in [2.45, 2.75) is 39.2 Å². The molecule has 1 atom stereocenters. The zero-order valence-electron chi connectivity index (χ0n) is 12.3. The van der Waals surface area contributed by atoms with Crippen molar-refractivity contribution in [1.29, 1.82) is 0 Å². The SMILES string of the molecule is COc1ccc(C)cc1C(=O)N1CCCC1CC(C)=O. The molecule has 1 saturated heterocycles. The monoisotopic (exact) mass is 275 g/mol. The first-order valence-corrected chi connectivity index (χ1v) is 6.98. The Bertz CT molecular complexity index is 524. The van der Waals surface area contributed by atoms with Crippen LogP contribution in [0.25, 0.3) is 0 Å². The van der Waals surface area contributed by atoms with Gasteiger partial charge in [-0.3, -0.25) is 9.59 Å². The van der Waals surface area contributed by atoms with Crippen molar-refractivity contribution in [2.75, 3.05) is 13.7 Å². The van der Waals surface area contributed by atoms with Gasteiger partial charge in [-0.05, 0) is 38.8 Å². The van der Waals surface area contributed by atoms with E-state index in [2.05, 4.69) is 0 Å². The van der Waals surface area contributed by atoms with Crippen LogP contribution in [0.4, 0.5) is 0 Å². The van der Waals surface area contributed by atoms with Gasteiger partial charge in [-0.15, -0.1) is 0 Å². The highest BCUT2D eigenvalue weighted by molar-refractivity contribution is 5.97. The third-order valence-corrected chi connectivity index (χ3v) is 3.75. The van der Waals surface area contributed by atoms with Gasteiger partial charge >= 0.3 is 0 Å². The number of carbonyl (C=O) groups excluding carboxylic acids is 2. The van der Waals surface area contributed by atoms with Gasteiger partial charge in [-0.2, -0.15) is 0 Å². The summed E-state index contributed by atoms with van der Waals surface area (Å²) in [6.45, 7) is 4.25. The molecule has 1 aromatic rings. The van der Waals surface area contributed by atoms with Crippen molar-refractivity contribution in [3.05, 3.63) is 29.3 Å². The number of methoxy groups -OCH3 is 1. The largest absolute Gasteiger partial charge is 0.496 e. The van der Waals surface area contributed by atoms with Gasteiger partial charge in [0.2, 0.25) is 0 Å². The van der Waals surface area contributed by atoms with Crippen LogP contribution in [0.2, 0.25) is 0 Å². The van der Waals surface area contributed by atoms with Crippen LogP contribution in [-0.2, 0) is 4.79 Å². The van der Waals surface area contributed by atoms with Crippen molar-refractivity contribution in [3.8, 4) is 5.75 Å². The van der Waals surface area contributed by atoms with E-state index in [1.165, 1.54) is 0 Å². The van der Waals surface area contributed by atoms with Crippen LogP contribution in [0.5, 0.6) is 5.75 Å². The Morgan fingerprint density at radius 3 is 2.80 bits per heavy atom. The molecule has 4 nitrogen and oxygen atoms in total. The number of aryl methyl sites for hydroxylation is 1. The third kappa shape index (κ3) is 3.00. The fourth-order valence-corrected chi connectivity index (χ4v) is 2.79. The minimum Gasteiger partial charge on any atom is -0.496 e. The maximum absolute atomic E-state index is 12.7. The average Bonchev–Trinajstić information content (AvgIpc) is 2.85. The first-order chi connectivity index (χ1) is 9.52. The molecule has 20 heavy (non-hydrogen) atoms. The normalized spacial score (nSPS) is 18.1. The average molecular weight is 275 g/mol. The summed E-state index contributed by atoms with van der Waals surface area (Å²) in [5.41, 5.74) is 1.61. The molecule has 0 N–H and O–H groups in total. The number of carbonyl (C=O) groups is 2. The summed E-state index contributed by atoms with van der Waals surface area (Å²) >= 11 is 0. The van der Waals surface area contributed by atoms with Crippen molar-refractivity contribution in [2.24, 2.45) is 0 Å². The molecule has 4 heteroatoms. The Morgan fingerprint density at radius 1 is 1.40 bits per heavy atom. The van der Waals surface area contributed by atoms with Crippen molar-refractivity contribution in [3.63, 3.8) is 0 Å². The number of ether oxygens (including phenoxy) is 1. The molecule has 1 amide bonds. The van der Waals surface area contributed by atoms with Gasteiger partial charge in [0.05, 0.1) is 12.7 Å². The highest BCUT2D eigenvalue weighted by atomic mass is 16.5. The number of nitrogens with zero attached hydrogens (tertiary/aromatic N) is 1. The van der Waals surface area contributed by atoms with Gasteiger partial charge in [-0.1, -0.05) is 11.6 Å². The van der Waals surface area contributed by atoms with Crippen molar-refractivity contribution < 1.29 is 14.3 Å². The lowest BCUT2D eigenvalue weighted by molar-refractivity contribution is -0.117. The fraction of sp³-hybridized carbons (Fsp3) is 0.500. The van der Waals surface area contributed by atoms with Crippen molar-refractivity contribution in [1.82, 2.24) is 4.90 Å². The molecule has 1 aromatic carbocycles. The molecule has 0 radical (unpaired) electrons. The molecule has 0 bridgehead atoms. The molecule has 1 aliphatic heterocycles. The Balaban J connectivity index is 2.26. The van der Waals surface area contributed by atoms with Crippen LogP contribution in [-0.4, -0.2) is 36.3 Å². The molecule has 1 aliphatic rings. The summed E-state index contributed by atoms with van der Waals surface area (Å²) in [5, 5.41) is 0. The van der Waals surface area contributed by atoms with Crippen LogP contribution in [0.1, 0.15) is 42.1 Å². The number of rotatable bonds is 4. The summed E-state index contributed by atoms with van der Waals surface area (Å²) in [6, 6.07) is 5.63. The van der Waals surface area contributed by atoms with Crippen LogP contribution < -0.4 is 4.74 Å². The number of Topliss-reactive ketones (excluding diaryl/α,β-unsaturated/α-hetero) is 1. The molecule has 2 rings (SSSR count). The van der Waals surface area contributed by atoms with E-state index in [-0.39, 0.29) is 17.7 Å². The van der Waals surface area contributed by atoms with Crippen LogP contribution >= 0.6 is 0 Å². The lowest BCUT2D eigenvalue weighted by Gasteiger charge is -2.25. The summed E-state index contributed by atoms with van der Waals surface area (Å²) in [7, 11) is 1.57. The molecule has 108 valence electrons. The van der Waals surface area contributed by atoms with E-state index in [0.717, 1.165) is 18.4 Å². The van der Waals surface area contributed by atoms with E-state index >= 15 is 0 Å². The van der Waals surface area contributed by atoms with E-state index in [9.17, 15) is 9.59 Å². The minimum atomic E-state index is -0.0331. The van der Waals surface area contributed by atoms with E-state index in [0.29, 0.717) is 24.3 Å². The summed E-state index contributed by atoms with van der Waals surface area (Å²) in [6.07, 6.45) is 2.30. The third-order valence-electron chi connectivity index (χ3n) is 3.75. The molecule has 0 aromatic heterocycles. The van der Waals surface area contributed by atoms with Crippen LogP contribution in [0.15, 0.2) is 18.2 Å². The fourth-order valence-electron chi connectivity index (χ4n) is 2.79. The van der Waals surface area contributed by atoms with Gasteiger partial charge in [-0.25, -0.2) is 0 Å². The summed E-state index contributed by atoms with van der Waals surface area (Å²) < 4.78 is 5.28. The molecule has 0 spiro atoms. The molecule has 1 fully saturated rings. The van der Waals surface area contributed by atoms with E-state index in [1.807, 2.05) is 30.0 Å². The molecular formula is C16H21NO3. The quantitative estimate of drug-likeness (QED) is 0.848. The summed E-state index contributed by atoms with van der Waals surface area (Å²) in [5.74, 6) is 0.689. The first kappa shape index (κ1) is 14.6. The van der Waals surface area contributed by atoms with Crippen LogP contribution in [0, 0.1) is 6.92 Å². The van der Waals surface area contributed by atoms with Gasteiger partial charge in [0.15, 0.2) is 0 Å². The predicted octanol–water partition coefficient (Wildman–Crippen LogP) is 2.59. The zero-order valence-corrected chi connectivity index (χ0v) is 12.3. The van der Waals surface area contributed by atoms with Gasteiger partial charge in [0.25, 0.3) is 5.91 Å². The molecule has 0 saturated carbocycles. The Morgan fingerprint density at radius 2 is 2.15 bits per heavy atom. The number of amides is 1. The Kier molecular flexibility index (Phi) is 4.42. The number of ketones is 1. The number of benzene rings is 1. The summed E-state index contributed by atoms with van der Waals surface area (Å²) in [4.78, 5) is 25.8. The number of hydrogen-bond acceptors (Lipinski definition) is 3. The van der Waals surface area contributed by atoms with Gasteiger partial charge < -0.3 is 9.64 Å². The topological polar surface area (TPSA) is 46.6 Å². The molecule has 1 heterocycles. The van der Waals surface area contributed by atoms with E-state index in [4.69, 9.17) is 4.74 Å². The second kappa shape index (κ2) is 6.07. The Labute approximate surface area is 119 Å². The highest BCUT2D eigenvalue weighted by Crippen LogP contribution is 2.27. The maximum Gasteiger partial charge on any atom is 0.257 e. The second-order valence-corrected chi connectivity index (χ2v) is 5.40. The second-order valence-electron chi connectivity index (χ2n) is 5.40.